The molecule has 0 unspecified atom stereocenters. The Hall–Kier alpha value is -1.88. The monoisotopic (exact) mass is 317 g/mol. The molecule has 0 saturated heterocycles. The summed E-state index contributed by atoms with van der Waals surface area (Å²) < 4.78 is 8.49. The van der Waals surface area contributed by atoms with Crippen molar-refractivity contribution in [1.29, 1.82) is 0 Å². The van der Waals surface area contributed by atoms with Gasteiger partial charge in [-0.3, -0.25) is 0 Å². The summed E-state index contributed by atoms with van der Waals surface area (Å²) in [5.74, 6) is 1.43. The fraction of sp³-hybridized carbons (Fsp3) is 0.143. The lowest BCUT2D eigenvalue weighted by atomic mass is 10.3. The van der Waals surface area contributed by atoms with Crippen LogP contribution >= 0.6 is 15.9 Å². The summed E-state index contributed by atoms with van der Waals surface area (Å²) in [5.41, 5.74) is 2.54. The number of para-hydroxylation sites is 1. The van der Waals surface area contributed by atoms with Gasteiger partial charge in [0.25, 0.3) is 0 Å². The summed E-state index contributed by atoms with van der Waals surface area (Å²) in [6, 6.07) is 11.5. The van der Waals surface area contributed by atoms with E-state index in [1.165, 1.54) is 0 Å². The zero-order valence-corrected chi connectivity index (χ0v) is 12.2. The Kier molecular flexibility index (Phi) is 2.98. The number of aromatic nitrogens is 3. The minimum Gasteiger partial charge on any atom is -0.439 e. The quantitative estimate of drug-likeness (QED) is 0.719. The molecule has 5 heteroatoms. The number of ether oxygens (including phenoxy) is 1. The number of hydrogen-bond donors (Lipinski definition) is 0. The topological polar surface area (TPSA) is 39.4 Å². The largest absolute Gasteiger partial charge is 0.439 e. The number of halogens is 1. The molecule has 2 heterocycles. The number of fused-ring (bicyclic) bond motifs is 1. The van der Waals surface area contributed by atoms with Gasteiger partial charge < -0.3 is 4.74 Å². The first kappa shape index (κ1) is 12.2. The van der Waals surface area contributed by atoms with E-state index < -0.39 is 0 Å². The third-order valence-electron chi connectivity index (χ3n) is 2.75. The van der Waals surface area contributed by atoms with Crippen LogP contribution in [0.2, 0.25) is 0 Å². The third kappa shape index (κ3) is 2.21. The van der Waals surface area contributed by atoms with Crippen molar-refractivity contribution in [2.75, 3.05) is 0 Å². The molecule has 0 atom stereocenters. The van der Waals surface area contributed by atoms with Crippen molar-refractivity contribution in [3.63, 3.8) is 0 Å². The molecule has 96 valence electrons. The molecule has 0 spiro atoms. The van der Waals surface area contributed by atoms with Crippen LogP contribution in [0.1, 0.15) is 11.4 Å². The fourth-order valence-corrected chi connectivity index (χ4v) is 2.20. The maximum Gasteiger partial charge on any atom is 0.224 e. The molecule has 0 aliphatic heterocycles. The number of hydrogen-bond acceptors (Lipinski definition) is 3. The lowest BCUT2D eigenvalue weighted by Crippen LogP contribution is -1.98. The van der Waals surface area contributed by atoms with Gasteiger partial charge in [-0.2, -0.15) is 9.61 Å². The van der Waals surface area contributed by atoms with Gasteiger partial charge in [-0.25, -0.2) is 4.98 Å². The molecule has 0 fully saturated rings. The van der Waals surface area contributed by atoms with Crippen LogP contribution in [0.15, 0.2) is 40.9 Å². The number of aryl methyl sites for hydroxylation is 2. The van der Waals surface area contributed by atoms with Crippen LogP contribution in [0.4, 0.5) is 0 Å². The first-order valence-corrected chi connectivity index (χ1v) is 6.70. The molecular weight excluding hydrogens is 306 g/mol. The van der Waals surface area contributed by atoms with E-state index in [9.17, 15) is 0 Å². The molecule has 0 radical (unpaired) electrons. The van der Waals surface area contributed by atoms with Crippen LogP contribution in [0.25, 0.3) is 5.65 Å². The standard InChI is InChI=1S/C14H12BrN3O/c1-9-8-12(19-11-6-4-3-5-7-11)18-14(16-9)13(15)10(2)17-18/h3-8H,1-2H3. The van der Waals surface area contributed by atoms with Crippen LogP contribution in [-0.2, 0) is 0 Å². The SMILES string of the molecule is Cc1cc(Oc2ccccc2)n2nc(C)c(Br)c2n1. The van der Waals surface area contributed by atoms with E-state index in [4.69, 9.17) is 4.74 Å². The Morgan fingerprint density at radius 3 is 2.63 bits per heavy atom. The highest BCUT2D eigenvalue weighted by Gasteiger charge is 2.13. The van der Waals surface area contributed by atoms with E-state index in [-0.39, 0.29) is 0 Å². The van der Waals surface area contributed by atoms with Gasteiger partial charge in [-0.15, -0.1) is 0 Å². The highest BCUT2D eigenvalue weighted by Crippen LogP contribution is 2.27. The Morgan fingerprint density at radius 1 is 1.16 bits per heavy atom. The molecule has 2 aromatic heterocycles. The van der Waals surface area contributed by atoms with Gasteiger partial charge in [-0.1, -0.05) is 18.2 Å². The van der Waals surface area contributed by atoms with Crippen LogP contribution in [0, 0.1) is 13.8 Å². The molecule has 19 heavy (non-hydrogen) atoms. The maximum absolute atomic E-state index is 5.88. The van der Waals surface area contributed by atoms with Crippen molar-refractivity contribution < 1.29 is 4.74 Å². The molecule has 0 N–H and O–H groups in total. The van der Waals surface area contributed by atoms with Gasteiger partial charge in [0.2, 0.25) is 5.88 Å². The summed E-state index contributed by atoms with van der Waals surface area (Å²) in [5, 5.41) is 4.43. The molecule has 0 amide bonds. The molecule has 3 rings (SSSR count). The number of rotatable bonds is 2. The van der Waals surface area contributed by atoms with Crippen molar-refractivity contribution in [2.45, 2.75) is 13.8 Å². The van der Waals surface area contributed by atoms with E-state index in [1.54, 1.807) is 4.52 Å². The average molecular weight is 318 g/mol. The smallest absolute Gasteiger partial charge is 0.224 e. The molecule has 0 aliphatic rings. The molecule has 4 nitrogen and oxygen atoms in total. The number of benzene rings is 1. The fourth-order valence-electron chi connectivity index (χ4n) is 1.87. The zero-order chi connectivity index (χ0) is 13.4. The van der Waals surface area contributed by atoms with Crippen molar-refractivity contribution >= 4 is 21.6 Å². The maximum atomic E-state index is 5.88. The van der Waals surface area contributed by atoms with Gasteiger partial charge in [-0.05, 0) is 41.9 Å². The highest BCUT2D eigenvalue weighted by molar-refractivity contribution is 9.10. The summed E-state index contributed by atoms with van der Waals surface area (Å²) >= 11 is 3.50. The molecule has 0 bridgehead atoms. The molecule has 3 aromatic rings. The van der Waals surface area contributed by atoms with E-state index in [0.717, 1.165) is 27.3 Å². The Labute approximate surface area is 119 Å². The summed E-state index contributed by atoms with van der Waals surface area (Å²) in [4.78, 5) is 4.47. The van der Waals surface area contributed by atoms with Crippen molar-refractivity contribution in [3.8, 4) is 11.6 Å². The van der Waals surface area contributed by atoms with Crippen LogP contribution in [0.5, 0.6) is 11.6 Å². The Bertz CT molecular complexity index is 737. The molecule has 0 saturated carbocycles. The third-order valence-corrected chi connectivity index (χ3v) is 3.68. The minimum atomic E-state index is 0.655. The number of nitrogens with zero attached hydrogens (tertiary/aromatic N) is 3. The van der Waals surface area contributed by atoms with Crippen molar-refractivity contribution in [1.82, 2.24) is 14.6 Å². The minimum absolute atomic E-state index is 0.655. The van der Waals surface area contributed by atoms with E-state index >= 15 is 0 Å². The van der Waals surface area contributed by atoms with Gasteiger partial charge in [0, 0.05) is 11.8 Å². The van der Waals surface area contributed by atoms with Gasteiger partial charge >= 0.3 is 0 Å². The van der Waals surface area contributed by atoms with E-state index in [2.05, 4.69) is 26.0 Å². The average Bonchev–Trinajstić information content (AvgIpc) is 2.68. The normalized spacial score (nSPS) is 10.9. The predicted molar refractivity (Wildman–Crippen MR) is 76.7 cm³/mol. The van der Waals surface area contributed by atoms with Gasteiger partial charge in [0.1, 0.15) is 5.75 Å². The van der Waals surface area contributed by atoms with Crippen LogP contribution < -0.4 is 4.74 Å². The summed E-state index contributed by atoms with van der Waals surface area (Å²) in [6.45, 7) is 3.87. The molecular formula is C14H12BrN3O. The second-order valence-electron chi connectivity index (χ2n) is 4.29. The van der Waals surface area contributed by atoms with E-state index in [0.29, 0.717) is 5.88 Å². The molecule has 1 aromatic carbocycles. The first-order valence-electron chi connectivity index (χ1n) is 5.90. The summed E-state index contributed by atoms with van der Waals surface area (Å²) in [6.07, 6.45) is 0. The van der Waals surface area contributed by atoms with Gasteiger partial charge in [0.05, 0.1) is 10.2 Å². The van der Waals surface area contributed by atoms with Crippen LogP contribution in [-0.4, -0.2) is 14.6 Å². The second-order valence-corrected chi connectivity index (χ2v) is 5.08. The summed E-state index contributed by atoms with van der Waals surface area (Å²) in [7, 11) is 0. The Morgan fingerprint density at radius 2 is 1.89 bits per heavy atom. The first-order chi connectivity index (χ1) is 9.15. The molecule has 0 aliphatic carbocycles. The lowest BCUT2D eigenvalue weighted by molar-refractivity contribution is 0.445. The predicted octanol–water partition coefficient (Wildman–Crippen LogP) is 3.90. The lowest BCUT2D eigenvalue weighted by Gasteiger charge is -2.08. The Balaban J connectivity index is 2.15. The van der Waals surface area contributed by atoms with Crippen molar-refractivity contribution in [3.05, 3.63) is 52.3 Å². The zero-order valence-electron chi connectivity index (χ0n) is 10.6. The highest BCUT2D eigenvalue weighted by atomic mass is 79.9. The van der Waals surface area contributed by atoms with Crippen LogP contribution in [0.3, 0.4) is 0 Å². The van der Waals surface area contributed by atoms with Gasteiger partial charge in [0.15, 0.2) is 5.65 Å². The van der Waals surface area contributed by atoms with E-state index in [1.807, 2.05) is 50.2 Å². The second kappa shape index (κ2) is 4.66. The van der Waals surface area contributed by atoms with Crippen molar-refractivity contribution in [2.24, 2.45) is 0 Å².